The number of likely N-dealkylation sites (N-methyl/N-ethyl adjacent to an activating group) is 1. The smallest absolute Gasteiger partial charge is 0.242 e. The lowest BCUT2D eigenvalue weighted by Crippen LogP contribution is -2.51. The summed E-state index contributed by atoms with van der Waals surface area (Å²) in [5.41, 5.74) is 0.879. The van der Waals surface area contributed by atoms with Crippen LogP contribution >= 0.6 is 0 Å². The lowest BCUT2D eigenvalue weighted by Gasteiger charge is -2.38. The first-order chi connectivity index (χ1) is 10.7. The predicted octanol–water partition coefficient (Wildman–Crippen LogP) is 1.78. The normalized spacial score (nSPS) is 21.5. The molecule has 1 aliphatic carbocycles. The second-order valence-electron chi connectivity index (χ2n) is 6.21. The van der Waals surface area contributed by atoms with Gasteiger partial charge in [-0.3, -0.25) is 9.69 Å². The summed E-state index contributed by atoms with van der Waals surface area (Å²) in [6, 6.07) is 6.38. The van der Waals surface area contributed by atoms with E-state index in [9.17, 15) is 9.18 Å². The molecule has 1 aromatic carbocycles. The van der Waals surface area contributed by atoms with Crippen LogP contribution in [0.3, 0.4) is 0 Å². The average molecular weight is 305 g/mol. The molecule has 0 spiro atoms. The van der Waals surface area contributed by atoms with Crippen molar-refractivity contribution >= 4 is 5.91 Å². The largest absolute Gasteiger partial charge is 0.352 e. The van der Waals surface area contributed by atoms with Gasteiger partial charge in [-0.2, -0.15) is 0 Å². The van der Waals surface area contributed by atoms with E-state index in [1.165, 1.54) is 12.1 Å². The van der Waals surface area contributed by atoms with Crippen LogP contribution in [-0.2, 0) is 4.79 Å². The molecule has 0 aromatic heterocycles. The third-order valence-corrected chi connectivity index (χ3v) is 4.58. The van der Waals surface area contributed by atoms with Gasteiger partial charge in [0.2, 0.25) is 5.91 Å². The first kappa shape index (κ1) is 15.4. The molecule has 1 heterocycles. The van der Waals surface area contributed by atoms with Gasteiger partial charge in [0.05, 0.1) is 0 Å². The van der Waals surface area contributed by atoms with Gasteiger partial charge in [0, 0.05) is 32.2 Å². The van der Waals surface area contributed by atoms with Crippen molar-refractivity contribution < 1.29 is 9.18 Å². The van der Waals surface area contributed by atoms with Gasteiger partial charge in [0.25, 0.3) is 0 Å². The summed E-state index contributed by atoms with van der Waals surface area (Å²) in [5.74, 6) is -0.208. The molecule has 5 heteroatoms. The Kier molecular flexibility index (Phi) is 4.74. The van der Waals surface area contributed by atoms with Crippen molar-refractivity contribution in [3.05, 3.63) is 35.6 Å². The Morgan fingerprint density at radius 1 is 1.23 bits per heavy atom. The molecule has 1 aromatic rings. The SMILES string of the molecule is CCN1CCN(C(C(=O)NC2CC2)c2ccc(F)cc2)CC1. The molecule has 2 fully saturated rings. The van der Waals surface area contributed by atoms with E-state index in [1.54, 1.807) is 12.1 Å². The number of nitrogens with one attached hydrogen (secondary N) is 1. The number of nitrogens with zero attached hydrogens (tertiary/aromatic N) is 2. The van der Waals surface area contributed by atoms with E-state index >= 15 is 0 Å². The third kappa shape index (κ3) is 3.65. The van der Waals surface area contributed by atoms with Crippen molar-refractivity contribution in [3.8, 4) is 0 Å². The summed E-state index contributed by atoms with van der Waals surface area (Å²) in [7, 11) is 0. The molecule has 0 bridgehead atoms. The fourth-order valence-electron chi connectivity index (χ4n) is 3.02. The summed E-state index contributed by atoms with van der Waals surface area (Å²) in [6.45, 7) is 6.90. The first-order valence-electron chi connectivity index (χ1n) is 8.19. The van der Waals surface area contributed by atoms with Gasteiger partial charge in [-0.1, -0.05) is 19.1 Å². The lowest BCUT2D eigenvalue weighted by molar-refractivity contribution is -0.127. The third-order valence-electron chi connectivity index (χ3n) is 4.58. The maximum Gasteiger partial charge on any atom is 0.242 e. The topological polar surface area (TPSA) is 35.6 Å². The number of benzene rings is 1. The van der Waals surface area contributed by atoms with Crippen LogP contribution in [0.15, 0.2) is 24.3 Å². The van der Waals surface area contributed by atoms with Crippen LogP contribution in [0.25, 0.3) is 0 Å². The van der Waals surface area contributed by atoms with Crippen molar-refractivity contribution in [3.63, 3.8) is 0 Å². The molecule has 1 saturated heterocycles. The quantitative estimate of drug-likeness (QED) is 0.901. The van der Waals surface area contributed by atoms with E-state index in [0.29, 0.717) is 6.04 Å². The highest BCUT2D eigenvalue weighted by Crippen LogP contribution is 2.26. The minimum atomic E-state index is -0.305. The first-order valence-corrected chi connectivity index (χ1v) is 8.19. The van der Waals surface area contributed by atoms with Gasteiger partial charge in [-0.15, -0.1) is 0 Å². The molecular weight excluding hydrogens is 281 g/mol. The fourth-order valence-corrected chi connectivity index (χ4v) is 3.02. The molecule has 22 heavy (non-hydrogen) atoms. The maximum atomic E-state index is 13.2. The van der Waals surface area contributed by atoms with Gasteiger partial charge < -0.3 is 10.2 Å². The number of hydrogen-bond donors (Lipinski definition) is 1. The van der Waals surface area contributed by atoms with Crippen molar-refractivity contribution in [1.82, 2.24) is 15.1 Å². The fraction of sp³-hybridized carbons (Fsp3) is 0.588. The molecule has 1 aliphatic heterocycles. The molecule has 1 amide bonds. The van der Waals surface area contributed by atoms with Crippen molar-refractivity contribution in [2.24, 2.45) is 0 Å². The highest BCUT2D eigenvalue weighted by Gasteiger charge is 2.33. The molecule has 1 N–H and O–H groups in total. The average Bonchev–Trinajstić information content (AvgIpc) is 3.34. The van der Waals surface area contributed by atoms with Gasteiger partial charge in [-0.05, 0) is 37.1 Å². The van der Waals surface area contributed by atoms with Gasteiger partial charge in [-0.25, -0.2) is 4.39 Å². The summed E-state index contributed by atoms with van der Waals surface area (Å²) in [6.07, 6.45) is 2.15. The number of amides is 1. The zero-order valence-electron chi connectivity index (χ0n) is 13.1. The van der Waals surface area contributed by atoms with E-state index in [2.05, 4.69) is 22.0 Å². The van der Waals surface area contributed by atoms with Crippen molar-refractivity contribution in [2.75, 3.05) is 32.7 Å². The van der Waals surface area contributed by atoms with E-state index in [4.69, 9.17) is 0 Å². The second kappa shape index (κ2) is 6.75. The zero-order valence-corrected chi connectivity index (χ0v) is 13.1. The van der Waals surface area contributed by atoms with E-state index in [0.717, 1.165) is 51.1 Å². The Morgan fingerprint density at radius 2 is 1.86 bits per heavy atom. The van der Waals surface area contributed by atoms with Crippen LogP contribution in [0.4, 0.5) is 4.39 Å². The predicted molar refractivity (Wildman–Crippen MR) is 84.0 cm³/mol. The zero-order chi connectivity index (χ0) is 15.5. The minimum absolute atomic E-state index is 0.0547. The molecule has 2 aliphatic rings. The molecule has 1 unspecified atom stereocenters. The number of piperazine rings is 1. The second-order valence-corrected chi connectivity index (χ2v) is 6.21. The Hall–Kier alpha value is -1.46. The van der Waals surface area contributed by atoms with Crippen molar-refractivity contribution in [1.29, 1.82) is 0 Å². The van der Waals surface area contributed by atoms with Gasteiger partial charge in [0.15, 0.2) is 0 Å². The molecular formula is C17H24FN3O. The molecule has 4 nitrogen and oxygen atoms in total. The van der Waals surface area contributed by atoms with E-state index in [1.807, 2.05) is 0 Å². The molecule has 3 rings (SSSR count). The van der Waals surface area contributed by atoms with Gasteiger partial charge >= 0.3 is 0 Å². The van der Waals surface area contributed by atoms with E-state index < -0.39 is 0 Å². The molecule has 0 radical (unpaired) electrons. The van der Waals surface area contributed by atoms with Crippen LogP contribution in [0.5, 0.6) is 0 Å². The molecule has 120 valence electrons. The number of rotatable bonds is 5. The minimum Gasteiger partial charge on any atom is -0.352 e. The maximum absolute atomic E-state index is 13.2. The Morgan fingerprint density at radius 3 is 2.41 bits per heavy atom. The lowest BCUT2D eigenvalue weighted by atomic mass is 10.0. The Bertz CT molecular complexity index is 507. The summed E-state index contributed by atoms with van der Waals surface area (Å²) in [4.78, 5) is 17.3. The van der Waals surface area contributed by atoms with E-state index in [-0.39, 0.29) is 17.8 Å². The molecule has 1 saturated carbocycles. The highest BCUT2D eigenvalue weighted by atomic mass is 19.1. The number of halogens is 1. The van der Waals surface area contributed by atoms with Crippen LogP contribution in [-0.4, -0.2) is 54.5 Å². The summed E-state index contributed by atoms with van der Waals surface area (Å²) >= 11 is 0. The number of hydrogen-bond acceptors (Lipinski definition) is 3. The van der Waals surface area contributed by atoms with Gasteiger partial charge in [0.1, 0.15) is 11.9 Å². The number of carbonyl (C=O) groups excluding carboxylic acids is 1. The highest BCUT2D eigenvalue weighted by molar-refractivity contribution is 5.83. The van der Waals surface area contributed by atoms with Crippen LogP contribution in [0.1, 0.15) is 31.4 Å². The Labute approximate surface area is 131 Å². The number of carbonyl (C=O) groups is 1. The van der Waals surface area contributed by atoms with Crippen LogP contribution in [0.2, 0.25) is 0 Å². The van der Waals surface area contributed by atoms with Crippen molar-refractivity contribution in [2.45, 2.75) is 31.8 Å². The molecule has 1 atom stereocenters. The summed E-state index contributed by atoms with van der Waals surface area (Å²) < 4.78 is 13.2. The van der Waals surface area contributed by atoms with Crippen LogP contribution < -0.4 is 5.32 Å². The Balaban J connectivity index is 1.76. The monoisotopic (exact) mass is 305 g/mol. The summed E-state index contributed by atoms with van der Waals surface area (Å²) in [5, 5.41) is 3.10. The van der Waals surface area contributed by atoms with Crippen LogP contribution in [0, 0.1) is 5.82 Å². The standard InChI is InChI=1S/C17H24FN3O/c1-2-20-9-11-21(12-10-20)16(17(22)19-15-7-8-15)13-3-5-14(18)6-4-13/h3-6,15-16H,2,7-12H2,1H3,(H,19,22).